The Hall–Kier alpha value is -3.69. The molecule has 32 heavy (non-hydrogen) atoms. The van der Waals surface area contributed by atoms with Crippen LogP contribution >= 0.6 is 0 Å². The lowest BCUT2D eigenvalue weighted by Crippen LogP contribution is -2.38. The highest BCUT2D eigenvalue weighted by Crippen LogP contribution is 2.26. The number of amides is 1. The van der Waals surface area contributed by atoms with E-state index in [2.05, 4.69) is 30.1 Å². The smallest absolute Gasteiger partial charge is 0.406 e. The minimum atomic E-state index is -4.75. The summed E-state index contributed by atoms with van der Waals surface area (Å²) in [6.07, 6.45) is -0.0803. The van der Waals surface area contributed by atoms with Crippen LogP contribution in [0.1, 0.15) is 12.8 Å². The van der Waals surface area contributed by atoms with Gasteiger partial charge in [0.2, 0.25) is 5.91 Å². The second-order valence-corrected chi connectivity index (χ2v) is 7.34. The lowest BCUT2D eigenvalue weighted by Gasteiger charge is -2.31. The summed E-state index contributed by atoms with van der Waals surface area (Å²) in [6.45, 7) is 1.31. The van der Waals surface area contributed by atoms with E-state index in [9.17, 15) is 18.0 Å². The van der Waals surface area contributed by atoms with E-state index in [1.165, 1.54) is 24.3 Å². The number of nitrogens with zero attached hydrogens (tertiary/aromatic N) is 4. The summed E-state index contributed by atoms with van der Waals surface area (Å²) in [5.74, 6) is 0.0662. The number of anilines is 2. The van der Waals surface area contributed by atoms with Crippen molar-refractivity contribution in [2.24, 2.45) is 5.92 Å². The number of nitrogens with one attached hydrogen (secondary N) is 1. The molecule has 1 aromatic carbocycles. The molecule has 1 aliphatic heterocycles. The molecule has 1 fully saturated rings. The number of carbonyl (C=O) groups excluding carboxylic acids is 1. The number of piperidine rings is 1. The van der Waals surface area contributed by atoms with Crippen molar-refractivity contribution in [1.82, 2.24) is 15.2 Å². The third-order valence-electron chi connectivity index (χ3n) is 5.17. The maximum absolute atomic E-state index is 12.6. The molecule has 3 aromatic rings. The van der Waals surface area contributed by atoms with Crippen LogP contribution in [0.25, 0.3) is 11.3 Å². The molecule has 7 nitrogen and oxygen atoms in total. The number of benzene rings is 1. The van der Waals surface area contributed by atoms with Crippen LogP contribution in [0.2, 0.25) is 0 Å². The lowest BCUT2D eigenvalue weighted by atomic mass is 9.96. The molecule has 0 bridgehead atoms. The summed E-state index contributed by atoms with van der Waals surface area (Å²) < 4.78 is 40.6. The van der Waals surface area contributed by atoms with Crippen molar-refractivity contribution < 1.29 is 22.7 Å². The molecule has 1 saturated heterocycles. The van der Waals surface area contributed by atoms with Crippen LogP contribution in [-0.2, 0) is 4.79 Å². The summed E-state index contributed by atoms with van der Waals surface area (Å²) in [5.41, 5.74) is 2.12. The van der Waals surface area contributed by atoms with E-state index in [1.807, 2.05) is 24.3 Å². The zero-order chi connectivity index (χ0) is 22.6. The number of hydrogen-bond donors (Lipinski definition) is 1. The summed E-state index contributed by atoms with van der Waals surface area (Å²) in [5, 5.41) is 11.4. The van der Waals surface area contributed by atoms with Crippen LogP contribution < -0.4 is 15.0 Å². The first-order valence-corrected chi connectivity index (χ1v) is 10.0. The molecule has 0 unspecified atom stereocenters. The highest BCUT2D eigenvalue weighted by molar-refractivity contribution is 5.92. The van der Waals surface area contributed by atoms with E-state index in [4.69, 9.17) is 0 Å². The number of rotatable bonds is 5. The standard InChI is InChI=1S/C22H20F3N5O2/c23-22(24,25)32-18-3-1-17(2-4-18)27-21(31)16-9-13-30(14-10-16)20-6-5-19(28-29-20)15-7-11-26-12-8-15/h1-8,11-12,16H,9-10,13-14H2,(H,27,31). The number of alkyl halides is 3. The lowest BCUT2D eigenvalue weighted by molar-refractivity contribution is -0.274. The van der Waals surface area contributed by atoms with Gasteiger partial charge in [0.15, 0.2) is 5.82 Å². The molecule has 1 N–H and O–H groups in total. The van der Waals surface area contributed by atoms with E-state index in [0.29, 0.717) is 31.6 Å². The molecule has 2 aromatic heterocycles. The first-order valence-electron chi connectivity index (χ1n) is 10.0. The van der Waals surface area contributed by atoms with Crippen molar-refractivity contribution in [1.29, 1.82) is 0 Å². The number of pyridine rings is 1. The Morgan fingerprint density at radius 3 is 2.25 bits per heavy atom. The zero-order valence-electron chi connectivity index (χ0n) is 16.9. The van der Waals surface area contributed by atoms with Gasteiger partial charge in [-0.05, 0) is 61.4 Å². The second-order valence-electron chi connectivity index (χ2n) is 7.34. The average Bonchev–Trinajstić information content (AvgIpc) is 2.80. The molecule has 10 heteroatoms. The molecule has 0 atom stereocenters. The highest BCUT2D eigenvalue weighted by atomic mass is 19.4. The molecule has 0 aliphatic carbocycles. The molecule has 166 valence electrons. The maximum Gasteiger partial charge on any atom is 0.573 e. The van der Waals surface area contributed by atoms with Gasteiger partial charge in [0.25, 0.3) is 0 Å². The van der Waals surface area contributed by atoms with Crippen molar-refractivity contribution in [2.45, 2.75) is 19.2 Å². The minimum Gasteiger partial charge on any atom is -0.406 e. The fourth-order valence-electron chi connectivity index (χ4n) is 3.53. The van der Waals surface area contributed by atoms with Gasteiger partial charge < -0.3 is 15.0 Å². The van der Waals surface area contributed by atoms with Gasteiger partial charge in [-0.2, -0.15) is 0 Å². The van der Waals surface area contributed by atoms with Gasteiger partial charge in [0.1, 0.15) is 5.75 Å². The van der Waals surface area contributed by atoms with Crippen molar-refractivity contribution >= 4 is 17.4 Å². The highest BCUT2D eigenvalue weighted by Gasteiger charge is 2.31. The van der Waals surface area contributed by atoms with Gasteiger partial charge in [0, 0.05) is 42.7 Å². The van der Waals surface area contributed by atoms with Crippen LogP contribution in [0, 0.1) is 5.92 Å². The number of aromatic nitrogens is 3. The Kier molecular flexibility index (Phi) is 6.20. The summed E-state index contributed by atoms with van der Waals surface area (Å²) >= 11 is 0. The largest absolute Gasteiger partial charge is 0.573 e. The molecule has 4 rings (SSSR count). The van der Waals surface area contributed by atoms with Gasteiger partial charge in [-0.1, -0.05) is 0 Å². The molecule has 3 heterocycles. The quantitative estimate of drug-likeness (QED) is 0.634. The van der Waals surface area contributed by atoms with Crippen LogP contribution in [0.3, 0.4) is 0 Å². The normalized spacial score (nSPS) is 14.8. The molecule has 0 spiro atoms. The van der Waals surface area contributed by atoms with E-state index in [0.717, 1.165) is 17.1 Å². The summed E-state index contributed by atoms with van der Waals surface area (Å²) in [7, 11) is 0. The van der Waals surface area contributed by atoms with Crippen molar-refractivity contribution in [3.8, 4) is 17.0 Å². The molecule has 0 saturated carbocycles. The predicted octanol–water partition coefficient (Wildman–Crippen LogP) is 4.29. The van der Waals surface area contributed by atoms with Crippen molar-refractivity contribution in [3.05, 3.63) is 60.9 Å². The Labute approximate surface area is 182 Å². The number of carbonyl (C=O) groups is 1. The SMILES string of the molecule is O=C(Nc1ccc(OC(F)(F)F)cc1)C1CCN(c2ccc(-c3ccncc3)nn2)CC1. The van der Waals surface area contributed by atoms with Crippen LogP contribution in [0.15, 0.2) is 60.9 Å². The Balaban J connectivity index is 1.29. The number of ether oxygens (including phenoxy) is 1. The average molecular weight is 443 g/mol. The molecule has 1 aliphatic rings. The van der Waals surface area contributed by atoms with Gasteiger partial charge >= 0.3 is 6.36 Å². The van der Waals surface area contributed by atoms with Crippen LogP contribution in [0.4, 0.5) is 24.7 Å². The van der Waals surface area contributed by atoms with E-state index in [1.54, 1.807) is 12.4 Å². The van der Waals surface area contributed by atoms with Gasteiger partial charge in [-0.25, -0.2) is 0 Å². The molecule has 0 radical (unpaired) electrons. The summed E-state index contributed by atoms with van der Waals surface area (Å²) in [6, 6.07) is 12.6. The number of halogens is 3. The second kappa shape index (κ2) is 9.21. The topological polar surface area (TPSA) is 80.2 Å². The monoisotopic (exact) mass is 443 g/mol. The van der Waals surface area contributed by atoms with Crippen molar-refractivity contribution in [3.63, 3.8) is 0 Å². The van der Waals surface area contributed by atoms with Crippen molar-refractivity contribution in [2.75, 3.05) is 23.3 Å². The molecular formula is C22H20F3N5O2. The summed E-state index contributed by atoms with van der Waals surface area (Å²) in [4.78, 5) is 18.6. The third-order valence-corrected chi connectivity index (χ3v) is 5.17. The van der Waals surface area contributed by atoms with E-state index >= 15 is 0 Å². The number of hydrogen-bond acceptors (Lipinski definition) is 6. The minimum absolute atomic E-state index is 0.159. The fraction of sp³-hybridized carbons (Fsp3) is 0.273. The van der Waals surface area contributed by atoms with Crippen LogP contribution in [-0.4, -0.2) is 40.5 Å². The Morgan fingerprint density at radius 1 is 0.969 bits per heavy atom. The predicted molar refractivity (Wildman–Crippen MR) is 112 cm³/mol. The zero-order valence-corrected chi connectivity index (χ0v) is 16.9. The fourth-order valence-corrected chi connectivity index (χ4v) is 3.53. The van der Waals surface area contributed by atoms with Gasteiger partial charge in [-0.15, -0.1) is 23.4 Å². The first-order chi connectivity index (χ1) is 15.4. The van der Waals surface area contributed by atoms with E-state index in [-0.39, 0.29) is 17.6 Å². The van der Waals surface area contributed by atoms with E-state index < -0.39 is 6.36 Å². The maximum atomic E-state index is 12.6. The first kappa shape index (κ1) is 21.5. The van der Waals surface area contributed by atoms with Gasteiger partial charge in [0.05, 0.1) is 5.69 Å². The Morgan fingerprint density at radius 2 is 1.66 bits per heavy atom. The third kappa shape index (κ3) is 5.51. The Bertz CT molecular complexity index is 1040. The molecular weight excluding hydrogens is 423 g/mol. The molecule has 1 amide bonds. The van der Waals surface area contributed by atoms with Crippen LogP contribution in [0.5, 0.6) is 5.75 Å². The van der Waals surface area contributed by atoms with Gasteiger partial charge in [-0.3, -0.25) is 9.78 Å².